The molecule has 2 heterocycles. The molecule has 16 heavy (non-hydrogen) atoms. The monoisotopic (exact) mass is 236 g/mol. The molecule has 6 heteroatoms. The van der Waals surface area contributed by atoms with E-state index in [1.54, 1.807) is 31.7 Å². The lowest BCUT2D eigenvalue weighted by molar-refractivity contribution is 0.408. The quantitative estimate of drug-likeness (QED) is 0.873. The SMILES string of the molecule is CNc1ncnc(Cc2nccs2)c1OC. The molecule has 0 aliphatic carbocycles. The minimum atomic E-state index is 0.665. The van der Waals surface area contributed by atoms with Crippen LogP contribution in [0.2, 0.25) is 0 Å². The number of ether oxygens (including phenoxy) is 1. The molecular formula is C10H12N4OS. The zero-order valence-corrected chi connectivity index (χ0v) is 9.91. The van der Waals surface area contributed by atoms with Crippen molar-refractivity contribution in [3.05, 3.63) is 28.6 Å². The second-order valence-corrected chi connectivity index (χ2v) is 4.03. The van der Waals surface area contributed by atoms with Crippen LogP contribution in [0.1, 0.15) is 10.7 Å². The predicted octanol–water partition coefficient (Wildman–Crippen LogP) is 1.57. The number of nitrogens with zero attached hydrogens (tertiary/aromatic N) is 3. The molecule has 0 saturated carbocycles. The van der Waals surface area contributed by atoms with Crippen LogP contribution in [-0.4, -0.2) is 29.1 Å². The summed E-state index contributed by atoms with van der Waals surface area (Å²) in [7, 11) is 3.42. The first kappa shape index (κ1) is 10.8. The fourth-order valence-corrected chi connectivity index (χ4v) is 2.03. The molecule has 0 fully saturated rings. The van der Waals surface area contributed by atoms with Gasteiger partial charge < -0.3 is 10.1 Å². The average molecular weight is 236 g/mol. The number of anilines is 1. The van der Waals surface area contributed by atoms with Crippen LogP contribution in [0.25, 0.3) is 0 Å². The molecule has 0 bridgehead atoms. The van der Waals surface area contributed by atoms with E-state index < -0.39 is 0 Å². The first-order valence-electron chi connectivity index (χ1n) is 4.79. The van der Waals surface area contributed by atoms with E-state index in [1.165, 1.54) is 6.33 Å². The lowest BCUT2D eigenvalue weighted by Gasteiger charge is -2.09. The highest BCUT2D eigenvalue weighted by Crippen LogP contribution is 2.26. The molecule has 1 N–H and O–H groups in total. The van der Waals surface area contributed by atoms with Gasteiger partial charge in [-0.05, 0) is 0 Å². The summed E-state index contributed by atoms with van der Waals surface area (Å²) in [4.78, 5) is 12.5. The molecule has 0 aromatic carbocycles. The van der Waals surface area contributed by atoms with E-state index in [0.29, 0.717) is 18.0 Å². The van der Waals surface area contributed by atoms with Gasteiger partial charge in [-0.2, -0.15) is 0 Å². The summed E-state index contributed by atoms with van der Waals surface area (Å²) in [5, 5.41) is 5.93. The van der Waals surface area contributed by atoms with Crippen molar-refractivity contribution in [2.24, 2.45) is 0 Å². The normalized spacial score (nSPS) is 10.1. The maximum Gasteiger partial charge on any atom is 0.183 e. The van der Waals surface area contributed by atoms with Crippen LogP contribution in [0.4, 0.5) is 5.82 Å². The number of rotatable bonds is 4. The first-order valence-corrected chi connectivity index (χ1v) is 5.67. The second kappa shape index (κ2) is 4.89. The molecule has 0 saturated heterocycles. The molecule has 0 spiro atoms. The second-order valence-electron chi connectivity index (χ2n) is 3.05. The summed E-state index contributed by atoms with van der Waals surface area (Å²) in [6, 6.07) is 0. The number of hydrogen-bond acceptors (Lipinski definition) is 6. The molecule has 2 aromatic heterocycles. The van der Waals surface area contributed by atoms with Gasteiger partial charge in [0, 0.05) is 25.0 Å². The predicted molar refractivity (Wildman–Crippen MR) is 63.1 cm³/mol. The minimum absolute atomic E-state index is 0.665. The Morgan fingerprint density at radius 1 is 1.38 bits per heavy atom. The Balaban J connectivity index is 2.33. The van der Waals surface area contributed by atoms with Gasteiger partial charge in [0.25, 0.3) is 0 Å². The number of methoxy groups -OCH3 is 1. The zero-order valence-electron chi connectivity index (χ0n) is 9.10. The van der Waals surface area contributed by atoms with Crippen molar-refractivity contribution in [2.75, 3.05) is 19.5 Å². The first-order chi connectivity index (χ1) is 7.85. The molecular weight excluding hydrogens is 224 g/mol. The summed E-state index contributed by atoms with van der Waals surface area (Å²) in [6.07, 6.45) is 3.97. The lowest BCUT2D eigenvalue weighted by Crippen LogP contribution is -2.03. The Hall–Kier alpha value is -1.69. The number of aromatic nitrogens is 3. The molecule has 0 aliphatic rings. The molecule has 0 unspecified atom stereocenters. The number of nitrogens with one attached hydrogen (secondary N) is 1. The highest BCUT2D eigenvalue weighted by molar-refractivity contribution is 7.09. The van der Waals surface area contributed by atoms with Gasteiger partial charge in [0.15, 0.2) is 11.6 Å². The molecule has 2 rings (SSSR count). The topological polar surface area (TPSA) is 59.9 Å². The largest absolute Gasteiger partial charge is 0.491 e. The summed E-state index contributed by atoms with van der Waals surface area (Å²) < 4.78 is 5.31. The van der Waals surface area contributed by atoms with Crippen molar-refractivity contribution in [2.45, 2.75) is 6.42 Å². The maximum absolute atomic E-state index is 5.31. The van der Waals surface area contributed by atoms with Gasteiger partial charge in [-0.15, -0.1) is 11.3 Å². The third kappa shape index (κ3) is 2.11. The fourth-order valence-electron chi connectivity index (χ4n) is 1.41. The molecule has 5 nitrogen and oxygen atoms in total. The van der Waals surface area contributed by atoms with Crippen LogP contribution in [0.5, 0.6) is 5.75 Å². The Bertz CT molecular complexity index is 458. The molecule has 0 radical (unpaired) electrons. The van der Waals surface area contributed by atoms with Crippen molar-refractivity contribution < 1.29 is 4.74 Å². The van der Waals surface area contributed by atoms with Gasteiger partial charge in [-0.3, -0.25) is 0 Å². The van der Waals surface area contributed by atoms with Crippen LogP contribution >= 0.6 is 11.3 Å². The van der Waals surface area contributed by atoms with Crippen LogP contribution in [0, 0.1) is 0 Å². The highest BCUT2D eigenvalue weighted by atomic mass is 32.1. The van der Waals surface area contributed by atoms with Crippen molar-refractivity contribution >= 4 is 17.2 Å². The van der Waals surface area contributed by atoms with Gasteiger partial charge in [0.2, 0.25) is 0 Å². The fraction of sp³-hybridized carbons (Fsp3) is 0.300. The van der Waals surface area contributed by atoms with Gasteiger partial charge >= 0.3 is 0 Å². The third-order valence-electron chi connectivity index (χ3n) is 2.12. The summed E-state index contributed by atoms with van der Waals surface area (Å²) in [5.41, 5.74) is 0.844. The average Bonchev–Trinajstić information content (AvgIpc) is 2.81. The van der Waals surface area contributed by atoms with Crippen molar-refractivity contribution in [1.29, 1.82) is 0 Å². The maximum atomic E-state index is 5.31. The van der Waals surface area contributed by atoms with Gasteiger partial charge in [0.1, 0.15) is 6.33 Å². The van der Waals surface area contributed by atoms with Gasteiger partial charge in [-0.1, -0.05) is 0 Å². The minimum Gasteiger partial charge on any atom is -0.491 e. The van der Waals surface area contributed by atoms with Crippen LogP contribution in [0.3, 0.4) is 0 Å². The van der Waals surface area contributed by atoms with Crippen LogP contribution in [-0.2, 0) is 6.42 Å². The molecule has 2 aromatic rings. The van der Waals surface area contributed by atoms with Crippen molar-refractivity contribution in [1.82, 2.24) is 15.0 Å². The third-order valence-corrected chi connectivity index (χ3v) is 2.90. The number of thiazole rings is 1. The number of hydrogen-bond donors (Lipinski definition) is 1. The Kier molecular flexibility index (Phi) is 3.31. The Morgan fingerprint density at radius 2 is 2.25 bits per heavy atom. The summed E-state index contributed by atoms with van der Waals surface area (Å²) in [6.45, 7) is 0. The van der Waals surface area contributed by atoms with Crippen molar-refractivity contribution in [3.63, 3.8) is 0 Å². The van der Waals surface area contributed by atoms with Crippen LogP contribution < -0.4 is 10.1 Å². The highest BCUT2D eigenvalue weighted by Gasteiger charge is 2.12. The Morgan fingerprint density at radius 3 is 2.88 bits per heavy atom. The van der Waals surface area contributed by atoms with Gasteiger partial charge in [0.05, 0.1) is 17.8 Å². The van der Waals surface area contributed by atoms with E-state index in [1.807, 2.05) is 5.38 Å². The van der Waals surface area contributed by atoms with Gasteiger partial charge in [-0.25, -0.2) is 15.0 Å². The van der Waals surface area contributed by atoms with E-state index >= 15 is 0 Å². The molecule has 0 atom stereocenters. The standard InChI is InChI=1S/C10H12N4OS/c1-11-10-9(15-2)7(13-6-14-10)5-8-12-3-4-16-8/h3-4,6H,5H2,1-2H3,(H,11,13,14). The zero-order chi connectivity index (χ0) is 11.4. The lowest BCUT2D eigenvalue weighted by atomic mass is 10.2. The van der Waals surface area contributed by atoms with E-state index in [0.717, 1.165) is 10.7 Å². The van der Waals surface area contributed by atoms with E-state index in [9.17, 15) is 0 Å². The van der Waals surface area contributed by atoms with E-state index in [2.05, 4.69) is 20.3 Å². The van der Waals surface area contributed by atoms with E-state index in [4.69, 9.17) is 4.74 Å². The summed E-state index contributed by atoms with van der Waals surface area (Å²) in [5.74, 6) is 1.38. The van der Waals surface area contributed by atoms with E-state index in [-0.39, 0.29) is 0 Å². The smallest absolute Gasteiger partial charge is 0.183 e. The van der Waals surface area contributed by atoms with Crippen LogP contribution in [0.15, 0.2) is 17.9 Å². The Labute approximate surface area is 97.5 Å². The van der Waals surface area contributed by atoms with Crippen molar-refractivity contribution in [3.8, 4) is 5.75 Å². The molecule has 0 aliphatic heterocycles. The summed E-state index contributed by atoms with van der Waals surface area (Å²) >= 11 is 1.60. The molecule has 84 valence electrons. The molecule has 0 amide bonds.